The van der Waals surface area contributed by atoms with Crippen molar-refractivity contribution in [3.63, 3.8) is 0 Å². The van der Waals surface area contributed by atoms with Crippen LogP contribution in [0, 0.1) is 0 Å². The van der Waals surface area contributed by atoms with Gasteiger partial charge in [0, 0.05) is 5.54 Å². The number of rotatable bonds is 11. The Morgan fingerprint density at radius 3 is 1.95 bits per heavy atom. The Bertz CT molecular complexity index is 370. The van der Waals surface area contributed by atoms with Crippen LogP contribution in [-0.4, -0.2) is 28.4 Å². The van der Waals surface area contributed by atoms with Crippen molar-refractivity contribution >= 4 is 11.9 Å². The van der Waals surface area contributed by atoms with Crippen LogP contribution in [-0.2, 0) is 4.79 Å². The number of carbonyl (C=O) groups is 2. The number of nitrogens with one attached hydrogen (secondary N) is 1. The first-order valence-corrected chi connectivity index (χ1v) is 9.10. The lowest BCUT2D eigenvalue weighted by Gasteiger charge is -2.40. The summed E-state index contributed by atoms with van der Waals surface area (Å²) < 4.78 is 0. The number of imide groups is 1. The Labute approximate surface area is 136 Å². The van der Waals surface area contributed by atoms with Gasteiger partial charge < -0.3 is 4.90 Å². The lowest BCUT2D eigenvalue weighted by atomic mass is 9.86. The lowest BCUT2D eigenvalue weighted by Crippen LogP contribution is -2.51. The molecular formula is C18H34N2O2. The van der Waals surface area contributed by atoms with Gasteiger partial charge in [-0.05, 0) is 26.7 Å². The molecular weight excluding hydrogens is 276 g/mol. The van der Waals surface area contributed by atoms with Gasteiger partial charge in [0.05, 0.1) is 0 Å². The second kappa shape index (κ2) is 9.16. The highest BCUT2D eigenvalue weighted by Gasteiger charge is 2.45. The number of urea groups is 1. The second-order valence-electron chi connectivity index (χ2n) is 6.96. The van der Waals surface area contributed by atoms with Crippen molar-refractivity contribution < 1.29 is 9.59 Å². The minimum atomic E-state index is -0.338. The van der Waals surface area contributed by atoms with Crippen LogP contribution in [0.4, 0.5) is 4.79 Å². The van der Waals surface area contributed by atoms with E-state index in [-0.39, 0.29) is 23.5 Å². The quantitative estimate of drug-likeness (QED) is 0.447. The van der Waals surface area contributed by atoms with Gasteiger partial charge in [0.15, 0.2) is 0 Å². The lowest BCUT2D eigenvalue weighted by molar-refractivity contribution is -0.122. The van der Waals surface area contributed by atoms with Gasteiger partial charge in [0.1, 0.15) is 6.04 Å². The third-order valence-corrected chi connectivity index (χ3v) is 4.94. The molecule has 0 aromatic carbocycles. The third kappa shape index (κ3) is 4.99. The molecule has 3 amide bonds. The van der Waals surface area contributed by atoms with Crippen molar-refractivity contribution in [1.82, 2.24) is 10.2 Å². The van der Waals surface area contributed by atoms with Gasteiger partial charge in [0.2, 0.25) is 0 Å². The van der Waals surface area contributed by atoms with Crippen molar-refractivity contribution in [2.45, 2.75) is 103 Å². The first-order valence-electron chi connectivity index (χ1n) is 9.10. The molecule has 1 heterocycles. The number of amides is 3. The largest absolute Gasteiger partial charge is 0.325 e. The molecule has 4 heteroatoms. The van der Waals surface area contributed by atoms with E-state index >= 15 is 0 Å². The fourth-order valence-corrected chi connectivity index (χ4v) is 3.51. The molecule has 1 fully saturated rings. The Balaban J connectivity index is 2.68. The zero-order valence-corrected chi connectivity index (χ0v) is 14.9. The minimum Gasteiger partial charge on any atom is -0.307 e. The first-order chi connectivity index (χ1) is 10.5. The summed E-state index contributed by atoms with van der Waals surface area (Å²) in [6.45, 7) is 8.42. The monoisotopic (exact) mass is 310 g/mol. The summed E-state index contributed by atoms with van der Waals surface area (Å²) in [5.41, 5.74) is -0.197. The average molecular weight is 310 g/mol. The van der Waals surface area contributed by atoms with Gasteiger partial charge in [-0.3, -0.25) is 10.1 Å². The van der Waals surface area contributed by atoms with E-state index in [1.165, 1.54) is 38.5 Å². The van der Waals surface area contributed by atoms with Crippen molar-refractivity contribution in [1.29, 1.82) is 0 Å². The summed E-state index contributed by atoms with van der Waals surface area (Å²) in [5.74, 6) is -0.155. The highest BCUT2D eigenvalue weighted by Crippen LogP contribution is 2.32. The van der Waals surface area contributed by atoms with Gasteiger partial charge in [0.25, 0.3) is 5.91 Å². The zero-order valence-electron chi connectivity index (χ0n) is 14.9. The topological polar surface area (TPSA) is 49.4 Å². The third-order valence-electron chi connectivity index (χ3n) is 4.94. The Morgan fingerprint density at radius 1 is 0.955 bits per heavy atom. The normalized spacial score (nSPS) is 21.1. The average Bonchev–Trinajstić information content (AvgIpc) is 2.72. The summed E-state index contributed by atoms with van der Waals surface area (Å²) in [5, 5.41) is 2.47. The molecule has 1 aliphatic rings. The smallest absolute Gasteiger partial charge is 0.307 e. The predicted octanol–water partition coefficient (Wildman–Crippen LogP) is 4.63. The number of carbonyl (C=O) groups excluding carboxylic acids is 2. The van der Waals surface area contributed by atoms with Crippen LogP contribution in [0.1, 0.15) is 91.9 Å². The van der Waals surface area contributed by atoms with Gasteiger partial charge in [-0.25, -0.2) is 4.79 Å². The maximum absolute atomic E-state index is 12.2. The number of hydrogen-bond acceptors (Lipinski definition) is 2. The van der Waals surface area contributed by atoms with Crippen molar-refractivity contribution in [2.75, 3.05) is 0 Å². The molecule has 0 aromatic heterocycles. The van der Waals surface area contributed by atoms with Crippen LogP contribution in [0.5, 0.6) is 0 Å². The molecule has 2 atom stereocenters. The Kier molecular flexibility index (Phi) is 7.91. The molecule has 1 unspecified atom stereocenters. The molecule has 0 spiro atoms. The molecule has 0 saturated carbocycles. The molecule has 0 bridgehead atoms. The molecule has 1 aliphatic heterocycles. The molecule has 4 nitrogen and oxygen atoms in total. The van der Waals surface area contributed by atoms with E-state index in [2.05, 4.69) is 26.1 Å². The van der Waals surface area contributed by atoms with Crippen LogP contribution in [0.2, 0.25) is 0 Å². The molecule has 1 N–H and O–H groups in total. The van der Waals surface area contributed by atoms with E-state index in [4.69, 9.17) is 0 Å². The predicted molar refractivity (Wildman–Crippen MR) is 90.8 cm³/mol. The molecule has 1 rings (SSSR count). The maximum atomic E-state index is 12.2. The van der Waals surface area contributed by atoms with E-state index in [1.807, 2.05) is 11.8 Å². The Hall–Kier alpha value is -1.06. The van der Waals surface area contributed by atoms with Crippen LogP contribution >= 0.6 is 0 Å². The van der Waals surface area contributed by atoms with Crippen molar-refractivity contribution in [2.24, 2.45) is 0 Å². The highest BCUT2D eigenvalue weighted by molar-refractivity contribution is 6.04. The maximum Gasteiger partial charge on any atom is 0.325 e. The van der Waals surface area contributed by atoms with Crippen LogP contribution < -0.4 is 5.32 Å². The number of unbranched alkanes of at least 4 members (excludes halogenated alkanes) is 6. The van der Waals surface area contributed by atoms with E-state index < -0.39 is 0 Å². The minimum absolute atomic E-state index is 0.155. The van der Waals surface area contributed by atoms with E-state index in [9.17, 15) is 9.59 Å². The van der Waals surface area contributed by atoms with Gasteiger partial charge >= 0.3 is 6.03 Å². The van der Waals surface area contributed by atoms with Crippen molar-refractivity contribution in [3.8, 4) is 0 Å². The summed E-state index contributed by atoms with van der Waals surface area (Å²) >= 11 is 0. The first kappa shape index (κ1) is 19.0. The molecule has 1 saturated heterocycles. The molecule has 0 aliphatic carbocycles. The highest BCUT2D eigenvalue weighted by atomic mass is 16.2. The molecule has 22 heavy (non-hydrogen) atoms. The number of hydrogen-bond donors (Lipinski definition) is 1. The SMILES string of the molecule is CCCCCCCC(C)(CCCCC)N1C(=O)NC(=O)[C@H]1C. The summed E-state index contributed by atoms with van der Waals surface area (Å²) in [7, 11) is 0. The van der Waals surface area contributed by atoms with Gasteiger partial charge in [-0.1, -0.05) is 65.2 Å². The van der Waals surface area contributed by atoms with E-state index in [0.29, 0.717) is 0 Å². The van der Waals surface area contributed by atoms with Crippen LogP contribution in [0.25, 0.3) is 0 Å². The second-order valence-corrected chi connectivity index (χ2v) is 6.96. The fourth-order valence-electron chi connectivity index (χ4n) is 3.51. The molecule has 0 aromatic rings. The van der Waals surface area contributed by atoms with Crippen molar-refractivity contribution in [3.05, 3.63) is 0 Å². The molecule has 0 radical (unpaired) electrons. The Morgan fingerprint density at radius 2 is 1.45 bits per heavy atom. The standard InChI is InChI=1S/C18H34N2O2/c1-5-7-9-10-12-14-18(4,13-11-8-6-2)20-15(3)16(21)19-17(20)22/h15H,5-14H2,1-4H3,(H,19,21,22)/t15-,18?/m1/s1. The fraction of sp³-hybridized carbons (Fsp3) is 0.889. The molecule has 128 valence electrons. The summed E-state index contributed by atoms with van der Waals surface area (Å²) in [6, 6.07) is -0.542. The summed E-state index contributed by atoms with van der Waals surface area (Å²) in [4.78, 5) is 25.8. The number of nitrogens with zero attached hydrogens (tertiary/aromatic N) is 1. The zero-order chi connectivity index (χ0) is 16.6. The van der Waals surface area contributed by atoms with E-state index in [1.54, 1.807) is 0 Å². The van der Waals surface area contributed by atoms with Crippen LogP contribution in [0.15, 0.2) is 0 Å². The summed E-state index contributed by atoms with van der Waals surface area (Å²) in [6.07, 6.45) is 11.6. The van der Waals surface area contributed by atoms with E-state index in [0.717, 1.165) is 25.7 Å². The van der Waals surface area contributed by atoms with Gasteiger partial charge in [-0.15, -0.1) is 0 Å². The van der Waals surface area contributed by atoms with Crippen LogP contribution in [0.3, 0.4) is 0 Å². The van der Waals surface area contributed by atoms with Gasteiger partial charge in [-0.2, -0.15) is 0 Å².